The standard InChI is InChI=1S/C15H21Br3O/c1-14(2,19-3)8-9-15(10-16,11-17)12-6-4-5-7-13(12)18/h4-7H,8-11H2,1-3H3. The molecule has 19 heavy (non-hydrogen) atoms. The van der Waals surface area contributed by atoms with Gasteiger partial charge in [-0.25, -0.2) is 0 Å². The third kappa shape index (κ3) is 4.55. The Hall–Kier alpha value is 0.620. The molecule has 0 amide bonds. The molecule has 0 saturated carbocycles. The average Bonchev–Trinajstić information content (AvgIpc) is 2.42. The highest BCUT2D eigenvalue weighted by atomic mass is 79.9. The second kappa shape index (κ2) is 7.58. The van der Waals surface area contributed by atoms with Crippen molar-refractivity contribution in [1.82, 2.24) is 0 Å². The van der Waals surface area contributed by atoms with Crippen molar-refractivity contribution in [1.29, 1.82) is 0 Å². The van der Waals surface area contributed by atoms with Gasteiger partial charge in [-0.2, -0.15) is 0 Å². The maximum atomic E-state index is 5.55. The van der Waals surface area contributed by atoms with E-state index in [1.165, 1.54) is 10.0 Å². The van der Waals surface area contributed by atoms with Crippen molar-refractivity contribution < 1.29 is 4.74 Å². The summed E-state index contributed by atoms with van der Waals surface area (Å²) in [5, 5.41) is 1.85. The van der Waals surface area contributed by atoms with Crippen molar-refractivity contribution in [3.8, 4) is 0 Å². The normalized spacial score (nSPS) is 12.7. The van der Waals surface area contributed by atoms with Crippen molar-refractivity contribution in [2.75, 3.05) is 17.8 Å². The second-order valence-electron chi connectivity index (χ2n) is 5.49. The number of rotatable bonds is 7. The monoisotopic (exact) mass is 454 g/mol. The number of halogens is 3. The van der Waals surface area contributed by atoms with Gasteiger partial charge in [-0.15, -0.1) is 0 Å². The van der Waals surface area contributed by atoms with Gasteiger partial charge in [-0.3, -0.25) is 0 Å². The first kappa shape index (κ1) is 17.7. The zero-order valence-corrected chi connectivity index (χ0v) is 16.4. The minimum Gasteiger partial charge on any atom is -0.379 e. The van der Waals surface area contributed by atoms with Crippen LogP contribution in [0.25, 0.3) is 0 Å². The SMILES string of the molecule is COC(C)(C)CCC(CBr)(CBr)c1ccccc1Br. The molecule has 1 aromatic rings. The Balaban J connectivity index is 3.01. The van der Waals surface area contributed by atoms with E-state index < -0.39 is 0 Å². The highest BCUT2D eigenvalue weighted by Gasteiger charge is 2.33. The van der Waals surface area contributed by atoms with Crippen LogP contribution in [0.5, 0.6) is 0 Å². The maximum Gasteiger partial charge on any atom is 0.0623 e. The largest absolute Gasteiger partial charge is 0.379 e. The Kier molecular flexibility index (Phi) is 7.05. The van der Waals surface area contributed by atoms with Gasteiger partial charge < -0.3 is 4.74 Å². The van der Waals surface area contributed by atoms with Gasteiger partial charge in [0.15, 0.2) is 0 Å². The quantitative estimate of drug-likeness (QED) is 0.479. The Labute approximate surface area is 141 Å². The van der Waals surface area contributed by atoms with Crippen molar-refractivity contribution in [3.05, 3.63) is 34.3 Å². The highest BCUT2D eigenvalue weighted by Crippen LogP contribution is 2.39. The first-order valence-corrected chi connectivity index (χ1v) is 9.36. The van der Waals surface area contributed by atoms with E-state index in [0.717, 1.165) is 23.5 Å². The molecule has 1 nitrogen and oxygen atoms in total. The maximum absolute atomic E-state index is 5.55. The molecule has 0 aliphatic carbocycles. The third-order valence-corrected chi connectivity index (χ3v) is 6.55. The van der Waals surface area contributed by atoms with Crippen LogP contribution in [0.2, 0.25) is 0 Å². The molecular weight excluding hydrogens is 436 g/mol. The predicted octanol–water partition coefficient (Wildman–Crippen LogP) is 5.68. The van der Waals surface area contributed by atoms with Crippen LogP contribution in [0, 0.1) is 0 Å². The number of hydrogen-bond acceptors (Lipinski definition) is 1. The zero-order valence-electron chi connectivity index (χ0n) is 11.7. The van der Waals surface area contributed by atoms with E-state index in [-0.39, 0.29) is 11.0 Å². The van der Waals surface area contributed by atoms with E-state index in [1.807, 2.05) is 0 Å². The molecular formula is C15H21Br3O. The molecule has 0 atom stereocenters. The Morgan fingerprint density at radius 2 is 1.63 bits per heavy atom. The zero-order chi connectivity index (χ0) is 14.5. The van der Waals surface area contributed by atoms with Gasteiger partial charge in [-0.1, -0.05) is 66.0 Å². The molecule has 0 aliphatic rings. The lowest BCUT2D eigenvalue weighted by Crippen LogP contribution is -2.34. The summed E-state index contributed by atoms with van der Waals surface area (Å²) in [7, 11) is 1.78. The number of benzene rings is 1. The summed E-state index contributed by atoms with van der Waals surface area (Å²) in [6, 6.07) is 8.46. The lowest BCUT2D eigenvalue weighted by molar-refractivity contribution is 0.0102. The molecule has 0 unspecified atom stereocenters. The molecule has 108 valence electrons. The van der Waals surface area contributed by atoms with E-state index in [2.05, 4.69) is 85.9 Å². The fraction of sp³-hybridized carbons (Fsp3) is 0.600. The molecule has 0 heterocycles. The van der Waals surface area contributed by atoms with E-state index in [1.54, 1.807) is 7.11 Å². The van der Waals surface area contributed by atoms with Crippen LogP contribution in [0.15, 0.2) is 28.7 Å². The molecule has 0 radical (unpaired) electrons. The third-order valence-electron chi connectivity index (χ3n) is 3.72. The Bertz CT molecular complexity index is 400. The van der Waals surface area contributed by atoms with Crippen LogP contribution in [0.3, 0.4) is 0 Å². The molecule has 0 saturated heterocycles. The van der Waals surface area contributed by atoms with Gasteiger partial charge in [0.05, 0.1) is 5.60 Å². The molecule has 1 aromatic carbocycles. The highest BCUT2D eigenvalue weighted by molar-refractivity contribution is 9.10. The van der Waals surface area contributed by atoms with Crippen LogP contribution in [0.1, 0.15) is 32.3 Å². The van der Waals surface area contributed by atoms with Crippen LogP contribution < -0.4 is 0 Å². The molecule has 0 aliphatic heterocycles. The molecule has 1 rings (SSSR count). The lowest BCUT2D eigenvalue weighted by Gasteiger charge is -2.35. The van der Waals surface area contributed by atoms with Gasteiger partial charge in [-0.05, 0) is 38.3 Å². The molecule has 0 spiro atoms. The molecule has 0 fully saturated rings. The van der Waals surface area contributed by atoms with E-state index >= 15 is 0 Å². The van der Waals surface area contributed by atoms with E-state index in [9.17, 15) is 0 Å². The minimum absolute atomic E-state index is 0.0793. The summed E-state index contributed by atoms with van der Waals surface area (Å²) in [6.07, 6.45) is 2.08. The molecule has 4 heteroatoms. The summed E-state index contributed by atoms with van der Waals surface area (Å²) < 4.78 is 6.72. The van der Waals surface area contributed by atoms with Crippen molar-refractivity contribution in [2.24, 2.45) is 0 Å². The van der Waals surface area contributed by atoms with Gasteiger partial charge in [0.25, 0.3) is 0 Å². The molecule has 0 aromatic heterocycles. The van der Waals surface area contributed by atoms with Crippen LogP contribution in [-0.4, -0.2) is 23.4 Å². The average molecular weight is 457 g/mol. The predicted molar refractivity (Wildman–Crippen MR) is 93.7 cm³/mol. The van der Waals surface area contributed by atoms with Crippen LogP contribution >= 0.6 is 47.8 Å². The molecule has 0 N–H and O–H groups in total. The minimum atomic E-state index is -0.0865. The summed E-state index contributed by atoms with van der Waals surface area (Å²) in [4.78, 5) is 0. The van der Waals surface area contributed by atoms with Crippen molar-refractivity contribution >= 4 is 47.8 Å². The summed E-state index contributed by atoms with van der Waals surface area (Å²) in [5.74, 6) is 0. The van der Waals surface area contributed by atoms with Crippen molar-refractivity contribution in [2.45, 2.75) is 37.7 Å². The lowest BCUT2D eigenvalue weighted by atomic mass is 9.78. The summed E-state index contributed by atoms with van der Waals surface area (Å²) in [5.41, 5.74) is 1.34. The Morgan fingerprint density at radius 1 is 1.05 bits per heavy atom. The first-order valence-electron chi connectivity index (χ1n) is 6.33. The molecule has 0 bridgehead atoms. The second-order valence-corrected chi connectivity index (χ2v) is 7.47. The number of alkyl halides is 2. The van der Waals surface area contributed by atoms with Crippen LogP contribution in [0.4, 0.5) is 0 Å². The van der Waals surface area contributed by atoms with Gasteiger partial charge in [0.1, 0.15) is 0 Å². The van der Waals surface area contributed by atoms with Gasteiger partial charge in [0.2, 0.25) is 0 Å². The van der Waals surface area contributed by atoms with E-state index in [0.29, 0.717) is 0 Å². The number of hydrogen-bond donors (Lipinski definition) is 0. The smallest absolute Gasteiger partial charge is 0.0623 e. The van der Waals surface area contributed by atoms with Gasteiger partial charge >= 0.3 is 0 Å². The fourth-order valence-electron chi connectivity index (χ4n) is 1.98. The topological polar surface area (TPSA) is 9.23 Å². The van der Waals surface area contributed by atoms with Crippen LogP contribution in [-0.2, 0) is 10.2 Å². The van der Waals surface area contributed by atoms with Crippen molar-refractivity contribution in [3.63, 3.8) is 0 Å². The van der Waals surface area contributed by atoms with E-state index in [4.69, 9.17) is 4.74 Å². The summed E-state index contributed by atoms with van der Waals surface area (Å²) in [6.45, 7) is 4.28. The summed E-state index contributed by atoms with van der Waals surface area (Å²) >= 11 is 11.1. The fourth-order valence-corrected chi connectivity index (χ4v) is 4.78. The Morgan fingerprint density at radius 3 is 2.11 bits per heavy atom. The number of methoxy groups -OCH3 is 1. The number of ether oxygens (including phenoxy) is 1. The van der Waals surface area contributed by atoms with Gasteiger partial charge in [0, 0.05) is 27.7 Å². The first-order chi connectivity index (χ1) is 8.90.